The standard InChI is InChI=1S/C23H24ClN3O2/c1-5-10-27(6-2)21-11-16(3)26-23-18(21)8-7-9-22(23)29-15-19-17(14-28-4)12-25-13-20(19)24/h5-13H,2,14-15H2,1,3-4H3/b10-5-. The fourth-order valence-electron chi connectivity index (χ4n) is 3.15. The van der Waals surface area contributed by atoms with Gasteiger partial charge in [0, 0.05) is 54.1 Å². The van der Waals surface area contributed by atoms with Crippen molar-refractivity contribution in [2.45, 2.75) is 27.1 Å². The molecule has 0 N–H and O–H groups in total. The molecule has 6 heteroatoms. The molecule has 0 aliphatic rings. The van der Waals surface area contributed by atoms with Crippen LogP contribution in [-0.2, 0) is 18.0 Å². The van der Waals surface area contributed by atoms with Gasteiger partial charge < -0.3 is 14.4 Å². The van der Waals surface area contributed by atoms with Gasteiger partial charge in [-0.15, -0.1) is 0 Å². The molecule has 0 unspecified atom stereocenters. The number of benzene rings is 1. The Morgan fingerprint density at radius 1 is 1.24 bits per heavy atom. The number of ether oxygens (including phenoxy) is 2. The van der Waals surface area contributed by atoms with Crippen LogP contribution in [0.2, 0.25) is 5.02 Å². The van der Waals surface area contributed by atoms with Crippen molar-refractivity contribution in [1.82, 2.24) is 9.97 Å². The van der Waals surface area contributed by atoms with Gasteiger partial charge in [-0.25, -0.2) is 4.98 Å². The van der Waals surface area contributed by atoms with Gasteiger partial charge in [0.25, 0.3) is 0 Å². The second-order valence-corrected chi connectivity index (χ2v) is 6.90. The fourth-order valence-corrected chi connectivity index (χ4v) is 3.38. The molecule has 0 aliphatic carbocycles. The Morgan fingerprint density at radius 2 is 2.07 bits per heavy atom. The number of halogens is 1. The number of rotatable bonds is 8. The number of hydrogen-bond acceptors (Lipinski definition) is 5. The number of nitrogens with zero attached hydrogens (tertiary/aromatic N) is 3. The highest BCUT2D eigenvalue weighted by atomic mass is 35.5. The molecule has 0 amide bonds. The van der Waals surface area contributed by atoms with Crippen molar-refractivity contribution in [2.24, 2.45) is 0 Å². The summed E-state index contributed by atoms with van der Waals surface area (Å²) >= 11 is 6.36. The fraction of sp³-hybridized carbons (Fsp3) is 0.217. The van der Waals surface area contributed by atoms with E-state index in [1.165, 1.54) is 0 Å². The summed E-state index contributed by atoms with van der Waals surface area (Å²) in [5.41, 5.74) is 4.43. The summed E-state index contributed by atoms with van der Waals surface area (Å²) in [5, 5.41) is 1.53. The molecule has 0 fully saturated rings. The summed E-state index contributed by atoms with van der Waals surface area (Å²) in [4.78, 5) is 10.8. The van der Waals surface area contributed by atoms with Gasteiger partial charge in [-0.05, 0) is 26.0 Å². The maximum Gasteiger partial charge on any atom is 0.146 e. The molecule has 2 aromatic heterocycles. The van der Waals surface area contributed by atoms with Crippen molar-refractivity contribution < 1.29 is 9.47 Å². The average molecular weight is 410 g/mol. The lowest BCUT2D eigenvalue weighted by Crippen LogP contribution is -2.08. The minimum Gasteiger partial charge on any atom is -0.487 e. The highest BCUT2D eigenvalue weighted by Crippen LogP contribution is 2.33. The topological polar surface area (TPSA) is 47.5 Å². The smallest absolute Gasteiger partial charge is 0.146 e. The van der Waals surface area contributed by atoms with Crippen molar-refractivity contribution in [3.8, 4) is 5.75 Å². The predicted molar refractivity (Wildman–Crippen MR) is 118 cm³/mol. The van der Waals surface area contributed by atoms with Crippen molar-refractivity contribution in [3.63, 3.8) is 0 Å². The zero-order valence-corrected chi connectivity index (χ0v) is 17.6. The Balaban J connectivity index is 2.02. The van der Waals surface area contributed by atoms with Crippen molar-refractivity contribution >= 4 is 28.2 Å². The zero-order chi connectivity index (χ0) is 20.8. The summed E-state index contributed by atoms with van der Waals surface area (Å²) in [6.07, 6.45) is 9.06. The van der Waals surface area contributed by atoms with Crippen molar-refractivity contribution in [3.05, 3.63) is 83.6 Å². The van der Waals surface area contributed by atoms with Gasteiger partial charge in [0.05, 0.1) is 17.3 Å². The molecule has 150 valence electrons. The number of fused-ring (bicyclic) bond motifs is 1. The van der Waals surface area contributed by atoms with E-state index >= 15 is 0 Å². The van der Waals surface area contributed by atoms with Crippen LogP contribution in [0.3, 0.4) is 0 Å². The van der Waals surface area contributed by atoms with E-state index in [9.17, 15) is 0 Å². The predicted octanol–water partition coefficient (Wildman–Crippen LogP) is 5.80. The third-order valence-corrected chi connectivity index (χ3v) is 4.78. The molecule has 0 aliphatic heterocycles. The van der Waals surface area contributed by atoms with Crippen LogP contribution >= 0.6 is 11.6 Å². The molecule has 5 nitrogen and oxygen atoms in total. The van der Waals surface area contributed by atoms with Crippen LogP contribution in [0.1, 0.15) is 23.7 Å². The van der Waals surface area contributed by atoms with E-state index in [4.69, 9.17) is 26.1 Å². The molecule has 29 heavy (non-hydrogen) atoms. The molecule has 1 aromatic carbocycles. The van der Waals surface area contributed by atoms with Crippen LogP contribution in [0.5, 0.6) is 5.75 Å². The monoisotopic (exact) mass is 409 g/mol. The first-order valence-corrected chi connectivity index (χ1v) is 9.64. The minimum absolute atomic E-state index is 0.296. The van der Waals surface area contributed by atoms with Gasteiger partial charge >= 0.3 is 0 Å². The zero-order valence-electron chi connectivity index (χ0n) is 16.9. The van der Waals surface area contributed by atoms with Gasteiger partial charge in [0.2, 0.25) is 0 Å². The number of aryl methyl sites for hydroxylation is 1. The Morgan fingerprint density at radius 3 is 2.79 bits per heavy atom. The number of anilines is 1. The summed E-state index contributed by atoms with van der Waals surface area (Å²) in [6, 6.07) is 7.93. The van der Waals surface area contributed by atoms with Gasteiger partial charge in [-0.3, -0.25) is 4.98 Å². The quantitative estimate of drug-likeness (QED) is 0.470. The highest BCUT2D eigenvalue weighted by molar-refractivity contribution is 6.31. The lowest BCUT2D eigenvalue weighted by atomic mass is 10.1. The molecule has 3 rings (SSSR count). The highest BCUT2D eigenvalue weighted by Gasteiger charge is 2.14. The maximum atomic E-state index is 6.36. The van der Waals surface area contributed by atoms with E-state index < -0.39 is 0 Å². The molecule has 0 bridgehead atoms. The number of para-hydroxylation sites is 1. The maximum absolute atomic E-state index is 6.36. The summed E-state index contributed by atoms with van der Waals surface area (Å²) < 4.78 is 11.4. The van der Waals surface area contributed by atoms with Crippen LogP contribution in [0.15, 0.2) is 61.7 Å². The first-order chi connectivity index (χ1) is 14.1. The van der Waals surface area contributed by atoms with E-state index in [-0.39, 0.29) is 0 Å². The third-order valence-electron chi connectivity index (χ3n) is 4.46. The van der Waals surface area contributed by atoms with Gasteiger partial charge in [-0.1, -0.05) is 36.4 Å². The second kappa shape index (κ2) is 9.54. The Hall–Kier alpha value is -2.89. The molecule has 2 heterocycles. The molecule has 0 spiro atoms. The lowest BCUT2D eigenvalue weighted by molar-refractivity contribution is 0.182. The van der Waals surface area contributed by atoms with E-state index in [1.54, 1.807) is 25.7 Å². The van der Waals surface area contributed by atoms with Crippen LogP contribution in [0.4, 0.5) is 5.69 Å². The molecular formula is C23H24ClN3O2. The number of aromatic nitrogens is 2. The molecule has 0 radical (unpaired) electrons. The Bertz CT molecular complexity index is 1050. The van der Waals surface area contributed by atoms with E-state index in [1.807, 2.05) is 55.3 Å². The number of methoxy groups -OCH3 is 1. The minimum atomic E-state index is 0.296. The van der Waals surface area contributed by atoms with Crippen LogP contribution in [-0.4, -0.2) is 17.1 Å². The van der Waals surface area contributed by atoms with Crippen LogP contribution in [0.25, 0.3) is 10.9 Å². The average Bonchev–Trinajstić information content (AvgIpc) is 2.71. The number of allylic oxidation sites excluding steroid dienone is 1. The SMILES string of the molecule is C=CN(/C=C\C)c1cc(C)nc2c(OCc3c(Cl)cncc3COC)cccc12. The Labute approximate surface area is 176 Å². The molecular weight excluding hydrogens is 386 g/mol. The van der Waals surface area contributed by atoms with Crippen LogP contribution in [0, 0.1) is 6.92 Å². The number of hydrogen-bond donors (Lipinski definition) is 0. The van der Waals surface area contributed by atoms with Gasteiger partial charge in [-0.2, -0.15) is 0 Å². The normalized spacial score (nSPS) is 11.2. The first-order valence-electron chi connectivity index (χ1n) is 9.26. The molecule has 0 saturated heterocycles. The largest absolute Gasteiger partial charge is 0.487 e. The summed E-state index contributed by atoms with van der Waals surface area (Å²) in [7, 11) is 1.64. The third kappa shape index (κ3) is 4.58. The first kappa shape index (κ1) is 20.8. The lowest BCUT2D eigenvalue weighted by Gasteiger charge is -2.19. The van der Waals surface area contributed by atoms with Crippen molar-refractivity contribution in [2.75, 3.05) is 12.0 Å². The molecule has 3 aromatic rings. The summed E-state index contributed by atoms with van der Waals surface area (Å²) in [6.45, 7) is 8.57. The van der Waals surface area contributed by atoms with E-state index in [0.29, 0.717) is 24.0 Å². The molecule has 0 atom stereocenters. The summed E-state index contributed by atoms with van der Waals surface area (Å²) in [5.74, 6) is 0.688. The number of pyridine rings is 2. The van der Waals surface area contributed by atoms with Gasteiger partial charge in [0.15, 0.2) is 0 Å². The van der Waals surface area contributed by atoms with E-state index in [2.05, 4.69) is 11.6 Å². The van der Waals surface area contributed by atoms with Crippen molar-refractivity contribution in [1.29, 1.82) is 0 Å². The van der Waals surface area contributed by atoms with Crippen LogP contribution < -0.4 is 9.64 Å². The van der Waals surface area contributed by atoms with Gasteiger partial charge in [0.1, 0.15) is 17.9 Å². The molecule has 0 saturated carbocycles. The second-order valence-electron chi connectivity index (χ2n) is 6.49. The van der Waals surface area contributed by atoms with E-state index in [0.717, 1.165) is 33.4 Å². The Kier molecular flexibility index (Phi) is 6.86.